The van der Waals surface area contributed by atoms with Gasteiger partial charge in [-0.15, -0.1) is 0 Å². The fraction of sp³-hybridized carbons (Fsp3) is 0.250. The summed E-state index contributed by atoms with van der Waals surface area (Å²) in [6.07, 6.45) is 3.99. The number of rotatable bonds is 3. The molecule has 3 rings (SSSR count). The van der Waals surface area contributed by atoms with Gasteiger partial charge >= 0.3 is 0 Å². The Kier molecular flexibility index (Phi) is 3.55. The molecule has 21 heavy (non-hydrogen) atoms. The van der Waals surface area contributed by atoms with Gasteiger partial charge in [0, 0.05) is 28.4 Å². The number of pyridine rings is 1. The van der Waals surface area contributed by atoms with Crippen molar-refractivity contribution in [2.45, 2.75) is 20.3 Å². The number of halogens is 1. The van der Waals surface area contributed by atoms with E-state index in [0.717, 1.165) is 21.8 Å². The summed E-state index contributed by atoms with van der Waals surface area (Å²) in [4.78, 5) is 19.4. The molecule has 0 aliphatic heterocycles. The molecule has 3 aromatic rings. The quantitative estimate of drug-likeness (QED) is 0.755. The van der Waals surface area contributed by atoms with Crippen LogP contribution in [0.1, 0.15) is 20.3 Å². The minimum absolute atomic E-state index is 0.00894. The van der Waals surface area contributed by atoms with E-state index in [-0.39, 0.29) is 5.91 Å². The molecule has 2 heterocycles. The molecule has 1 aromatic carbocycles. The number of aromatic amines is 1. The Morgan fingerprint density at radius 1 is 1.38 bits per heavy atom. The van der Waals surface area contributed by atoms with Crippen LogP contribution in [0.3, 0.4) is 0 Å². The molecule has 0 aliphatic carbocycles. The molecule has 0 fully saturated rings. The topological polar surface area (TPSA) is 57.8 Å². The molecule has 0 spiro atoms. The molecule has 0 radical (unpaired) electrons. The minimum atomic E-state index is -0.00894. The molecule has 0 atom stereocenters. The Bertz CT molecular complexity index is 823. The highest BCUT2D eigenvalue weighted by Crippen LogP contribution is 2.33. The van der Waals surface area contributed by atoms with Crippen LogP contribution in [0.4, 0.5) is 5.69 Å². The molecule has 108 valence electrons. The molecule has 0 saturated heterocycles. The summed E-state index contributed by atoms with van der Waals surface area (Å²) in [7, 11) is 0. The highest BCUT2D eigenvalue weighted by atomic mass is 35.5. The number of hydrogen-bond donors (Lipinski definition) is 2. The van der Waals surface area contributed by atoms with E-state index in [4.69, 9.17) is 11.6 Å². The number of hydrogen-bond acceptors (Lipinski definition) is 2. The molecular formula is C16H16ClN3O. The van der Waals surface area contributed by atoms with Gasteiger partial charge in [0.05, 0.1) is 22.9 Å². The largest absolute Gasteiger partial charge is 0.352 e. The average molecular weight is 302 g/mol. The Hall–Kier alpha value is -2.07. The van der Waals surface area contributed by atoms with Crippen molar-refractivity contribution in [3.63, 3.8) is 0 Å². The number of amides is 1. The fourth-order valence-corrected chi connectivity index (χ4v) is 2.71. The third-order valence-electron chi connectivity index (χ3n) is 3.34. The van der Waals surface area contributed by atoms with E-state index in [1.807, 2.05) is 26.0 Å². The lowest BCUT2D eigenvalue weighted by atomic mass is 10.1. The van der Waals surface area contributed by atoms with Crippen molar-refractivity contribution < 1.29 is 4.79 Å². The van der Waals surface area contributed by atoms with Gasteiger partial charge in [-0.05, 0) is 24.1 Å². The van der Waals surface area contributed by atoms with E-state index in [9.17, 15) is 4.79 Å². The highest BCUT2D eigenvalue weighted by molar-refractivity contribution is 6.32. The molecular weight excluding hydrogens is 286 g/mol. The molecule has 5 heteroatoms. The zero-order chi connectivity index (χ0) is 15.0. The first-order chi connectivity index (χ1) is 10.0. The maximum absolute atomic E-state index is 12.0. The third-order valence-corrected chi connectivity index (χ3v) is 3.56. The maximum atomic E-state index is 12.0. The van der Waals surface area contributed by atoms with Gasteiger partial charge in [-0.3, -0.25) is 9.78 Å². The van der Waals surface area contributed by atoms with Gasteiger partial charge in [0.1, 0.15) is 0 Å². The smallest absolute Gasteiger partial charge is 0.224 e. The Morgan fingerprint density at radius 3 is 2.95 bits per heavy atom. The monoisotopic (exact) mass is 301 g/mol. The molecule has 4 nitrogen and oxygen atoms in total. The van der Waals surface area contributed by atoms with Crippen molar-refractivity contribution in [1.29, 1.82) is 0 Å². The van der Waals surface area contributed by atoms with Crippen LogP contribution in [0.15, 0.2) is 30.6 Å². The number of nitrogens with zero attached hydrogens (tertiary/aromatic N) is 1. The predicted molar refractivity (Wildman–Crippen MR) is 86.7 cm³/mol. The summed E-state index contributed by atoms with van der Waals surface area (Å²) >= 11 is 6.19. The number of H-pyrrole nitrogens is 1. The van der Waals surface area contributed by atoms with Gasteiger partial charge in [-0.2, -0.15) is 0 Å². The van der Waals surface area contributed by atoms with Gasteiger partial charge < -0.3 is 10.3 Å². The van der Waals surface area contributed by atoms with Gasteiger partial charge in [-0.25, -0.2) is 0 Å². The van der Waals surface area contributed by atoms with Crippen molar-refractivity contribution >= 4 is 45.0 Å². The molecule has 0 aliphatic rings. The summed E-state index contributed by atoms with van der Waals surface area (Å²) in [5.41, 5.74) is 2.51. The Morgan fingerprint density at radius 2 is 2.19 bits per heavy atom. The van der Waals surface area contributed by atoms with Crippen LogP contribution in [-0.4, -0.2) is 15.9 Å². The molecule has 0 unspecified atom stereocenters. The number of benzene rings is 1. The fourth-order valence-electron chi connectivity index (χ4n) is 2.49. The summed E-state index contributed by atoms with van der Waals surface area (Å²) in [6.45, 7) is 4.03. The Labute approximate surface area is 127 Å². The van der Waals surface area contributed by atoms with Crippen LogP contribution in [0, 0.1) is 5.92 Å². The lowest BCUT2D eigenvalue weighted by Crippen LogP contribution is -2.14. The van der Waals surface area contributed by atoms with E-state index in [1.54, 1.807) is 18.5 Å². The van der Waals surface area contributed by atoms with E-state index >= 15 is 0 Å². The first kappa shape index (κ1) is 13.9. The third kappa shape index (κ3) is 2.72. The van der Waals surface area contributed by atoms with E-state index in [1.165, 1.54) is 0 Å². The normalized spacial score (nSPS) is 11.4. The molecule has 0 bridgehead atoms. The van der Waals surface area contributed by atoms with Crippen LogP contribution in [0.5, 0.6) is 0 Å². The lowest BCUT2D eigenvalue weighted by molar-refractivity contribution is -0.116. The van der Waals surface area contributed by atoms with Gasteiger partial charge in [0.15, 0.2) is 0 Å². The number of carbonyl (C=O) groups is 1. The van der Waals surface area contributed by atoms with Crippen molar-refractivity contribution in [1.82, 2.24) is 9.97 Å². The van der Waals surface area contributed by atoms with Crippen LogP contribution < -0.4 is 5.32 Å². The molecule has 1 amide bonds. The van der Waals surface area contributed by atoms with Crippen LogP contribution in [0.25, 0.3) is 21.8 Å². The van der Waals surface area contributed by atoms with Crippen molar-refractivity contribution in [2.75, 3.05) is 5.32 Å². The number of nitrogens with one attached hydrogen (secondary N) is 2. The standard InChI is InChI=1S/C16H16ClN3O/c1-9(2)5-15(21)19-13-7-10(17)6-12-11-3-4-18-8-14(11)20-16(12)13/h3-4,6-9,20H,5H2,1-2H3,(H,19,21). The lowest BCUT2D eigenvalue weighted by Gasteiger charge is -2.09. The maximum Gasteiger partial charge on any atom is 0.224 e. The second-order valence-corrected chi connectivity index (χ2v) is 6.00. The van der Waals surface area contributed by atoms with Gasteiger partial charge in [0.2, 0.25) is 5.91 Å². The number of fused-ring (bicyclic) bond motifs is 3. The first-order valence-electron chi connectivity index (χ1n) is 6.89. The summed E-state index contributed by atoms with van der Waals surface area (Å²) in [6, 6.07) is 5.60. The van der Waals surface area contributed by atoms with Crippen molar-refractivity contribution in [3.05, 3.63) is 35.6 Å². The SMILES string of the molecule is CC(C)CC(=O)Nc1cc(Cl)cc2c1[nH]c1cnccc12. The van der Waals surface area contributed by atoms with Gasteiger partial charge in [-0.1, -0.05) is 25.4 Å². The highest BCUT2D eigenvalue weighted by Gasteiger charge is 2.12. The average Bonchev–Trinajstić information content (AvgIpc) is 2.77. The van der Waals surface area contributed by atoms with E-state index < -0.39 is 0 Å². The molecule has 2 aromatic heterocycles. The van der Waals surface area contributed by atoms with Crippen LogP contribution >= 0.6 is 11.6 Å². The number of carbonyl (C=O) groups excluding carboxylic acids is 1. The second-order valence-electron chi connectivity index (χ2n) is 5.57. The second kappa shape index (κ2) is 5.37. The van der Waals surface area contributed by atoms with E-state index in [0.29, 0.717) is 23.0 Å². The van der Waals surface area contributed by atoms with Crippen molar-refractivity contribution in [3.8, 4) is 0 Å². The minimum Gasteiger partial charge on any atom is -0.352 e. The predicted octanol–water partition coefficient (Wildman–Crippen LogP) is 4.35. The molecule has 0 saturated carbocycles. The zero-order valence-corrected chi connectivity index (χ0v) is 12.7. The van der Waals surface area contributed by atoms with Crippen molar-refractivity contribution in [2.24, 2.45) is 5.92 Å². The number of aromatic nitrogens is 2. The number of anilines is 1. The zero-order valence-electron chi connectivity index (χ0n) is 11.9. The van der Waals surface area contributed by atoms with E-state index in [2.05, 4.69) is 15.3 Å². The first-order valence-corrected chi connectivity index (χ1v) is 7.27. The Balaban J connectivity index is 2.11. The van der Waals surface area contributed by atoms with Crippen LogP contribution in [-0.2, 0) is 4.79 Å². The van der Waals surface area contributed by atoms with Crippen LogP contribution in [0.2, 0.25) is 5.02 Å². The summed E-state index contributed by atoms with van der Waals surface area (Å²) in [5.74, 6) is 0.303. The summed E-state index contributed by atoms with van der Waals surface area (Å²) in [5, 5.41) is 5.57. The molecule has 2 N–H and O–H groups in total. The van der Waals surface area contributed by atoms with Gasteiger partial charge in [0.25, 0.3) is 0 Å². The summed E-state index contributed by atoms with van der Waals surface area (Å²) < 4.78 is 0.